The van der Waals surface area contributed by atoms with Gasteiger partial charge in [0, 0.05) is 11.8 Å². The summed E-state index contributed by atoms with van der Waals surface area (Å²) in [5.41, 5.74) is 2.63. The molecule has 0 atom stereocenters. The van der Waals surface area contributed by atoms with Gasteiger partial charge in [-0.05, 0) is 30.5 Å². The van der Waals surface area contributed by atoms with Crippen LogP contribution in [0.5, 0.6) is 0 Å². The third kappa shape index (κ3) is 4.23. The highest BCUT2D eigenvalue weighted by molar-refractivity contribution is 6.37. The van der Waals surface area contributed by atoms with E-state index < -0.39 is 24.0 Å². The molecule has 2 N–H and O–H groups in total. The second kappa shape index (κ2) is 6.83. The number of aliphatic carboxylic acids is 1. The monoisotopic (exact) mass is 313 g/mol. The third-order valence-corrected chi connectivity index (χ3v) is 3.37. The minimum absolute atomic E-state index is 0.00539. The van der Waals surface area contributed by atoms with Gasteiger partial charge in [-0.2, -0.15) is 0 Å². The number of carbonyl (C=O) groups excluding carboxylic acids is 3. The lowest BCUT2D eigenvalue weighted by Gasteiger charge is -2.00. The Bertz CT molecular complexity index is 771. The number of H-pyrrole nitrogens is 1. The van der Waals surface area contributed by atoms with Crippen LogP contribution in [0, 0.1) is 0 Å². The fourth-order valence-corrected chi connectivity index (χ4v) is 2.11. The molecule has 0 aliphatic carbocycles. The van der Waals surface area contributed by atoms with Crippen LogP contribution in [0.1, 0.15) is 45.3 Å². The van der Waals surface area contributed by atoms with Crippen molar-refractivity contribution in [1.29, 1.82) is 0 Å². The third-order valence-electron chi connectivity index (χ3n) is 3.37. The van der Waals surface area contributed by atoms with Gasteiger partial charge in [0.1, 0.15) is 0 Å². The molecule has 1 aromatic carbocycles. The number of carboxylic acid groups (broad SMARTS) is 1. The molecule has 0 unspecified atom stereocenters. The van der Waals surface area contributed by atoms with Crippen LogP contribution in [0.25, 0.3) is 0 Å². The molecule has 1 heterocycles. The van der Waals surface area contributed by atoms with Crippen LogP contribution in [0.3, 0.4) is 0 Å². The maximum Gasteiger partial charge on any atom is 0.372 e. The molecule has 0 aliphatic heterocycles. The van der Waals surface area contributed by atoms with Crippen molar-refractivity contribution >= 4 is 23.3 Å². The van der Waals surface area contributed by atoms with Crippen LogP contribution in [-0.4, -0.2) is 33.4 Å². The predicted molar refractivity (Wildman–Crippen MR) is 81.6 cm³/mol. The topological polar surface area (TPSA) is 104 Å². The van der Waals surface area contributed by atoms with E-state index in [0.29, 0.717) is 12.0 Å². The van der Waals surface area contributed by atoms with Crippen molar-refractivity contribution in [2.24, 2.45) is 0 Å². The van der Waals surface area contributed by atoms with Crippen LogP contribution in [0.2, 0.25) is 0 Å². The minimum atomic E-state index is -1.62. The van der Waals surface area contributed by atoms with E-state index in [0.717, 1.165) is 11.1 Å². The van der Waals surface area contributed by atoms with E-state index in [-0.39, 0.29) is 11.5 Å². The second-order valence-corrected chi connectivity index (χ2v) is 5.18. The zero-order valence-electron chi connectivity index (χ0n) is 12.5. The Labute approximate surface area is 132 Å². The highest BCUT2D eigenvalue weighted by Gasteiger charge is 2.18. The smallest absolute Gasteiger partial charge is 0.372 e. The highest BCUT2D eigenvalue weighted by Crippen LogP contribution is 2.13. The first-order valence-corrected chi connectivity index (χ1v) is 6.93. The molecule has 0 saturated carbocycles. The van der Waals surface area contributed by atoms with Crippen molar-refractivity contribution in [2.45, 2.75) is 19.8 Å². The number of carbonyl (C=O) groups is 4. The zero-order chi connectivity index (χ0) is 17.0. The molecule has 0 aliphatic rings. The normalized spacial score (nSPS) is 10.3. The first-order valence-electron chi connectivity index (χ1n) is 6.93. The number of carboxylic acids is 1. The summed E-state index contributed by atoms with van der Waals surface area (Å²) in [6, 6.07) is 8.73. The largest absolute Gasteiger partial charge is 0.475 e. The molecule has 0 saturated heterocycles. The molecule has 0 amide bonds. The molecule has 2 rings (SSSR count). The minimum Gasteiger partial charge on any atom is -0.475 e. The number of aromatic nitrogens is 1. The Balaban J connectivity index is 2.04. The number of rotatable bonds is 7. The van der Waals surface area contributed by atoms with E-state index in [9.17, 15) is 19.2 Å². The first-order chi connectivity index (χ1) is 10.9. The molecule has 6 heteroatoms. The van der Waals surface area contributed by atoms with E-state index in [2.05, 4.69) is 4.98 Å². The number of benzene rings is 1. The van der Waals surface area contributed by atoms with Gasteiger partial charge >= 0.3 is 5.97 Å². The van der Waals surface area contributed by atoms with Gasteiger partial charge in [-0.3, -0.25) is 14.4 Å². The highest BCUT2D eigenvalue weighted by atomic mass is 16.4. The van der Waals surface area contributed by atoms with Gasteiger partial charge in [-0.15, -0.1) is 0 Å². The molecule has 118 valence electrons. The maximum absolute atomic E-state index is 11.8. The van der Waals surface area contributed by atoms with Gasteiger partial charge in [-0.1, -0.05) is 24.3 Å². The molecule has 0 radical (unpaired) electrons. The summed E-state index contributed by atoms with van der Waals surface area (Å²) in [5.74, 6) is -3.31. The Morgan fingerprint density at radius 3 is 2.26 bits per heavy atom. The van der Waals surface area contributed by atoms with Gasteiger partial charge in [-0.25, -0.2) is 4.79 Å². The van der Waals surface area contributed by atoms with Gasteiger partial charge in [0.2, 0.25) is 5.78 Å². The average molecular weight is 313 g/mol. The first kappa shape index (κ1) is 16.4. The van der Waals surface area contributed by atoms with Gasteiger partial charge < -0.3 is 10.1 Å². The van der Waals surface area contributed by atoms with Crippen molar-refractivity contribution in [1.82, 2.24) is 4.98 Å². The van der Waals surface area contributed by atoms with Gasteiger partial charge in [0.05, 0.1) is 12.1 Å². The summed E-state index contributed by atoms with van der Waals surface area (Å²) in [6.07, 6.45) is 1.52. The predicted octanol–water partition coefficient (Wildman–Crippen LogP) is 2.03. The molecular formula is C17H15NO5. The molecule has 0 fully saturated rings. The van der Waals surface area contributed by atoms with Gasteiger partial charge in [0.25, 0.3) is 0 Å². The second-order valence-electron chi connectivity index (χ2n) is 5.18. The van der Waals surface area contributed by atoms with Crippen LogP contribution >= 0.6 is 0 Å². The summed E-state index contributed by atoms with van der Waals surface area (Å²) in [6.45, 7) is 1.50. The standard InChI is InChI=1S/C17H15NO5/c1-10(19)13-4-2-11(3-5-13)6-12-7-14(18-9-12)15(20)8-16(21)17(22)23/h2-5,7,9,18H,6,8H2,1H3,(H,22,23). The fourth-order valence-electron chi connectivity index (χ4n) is 2.11. The molecule has 2 aromatic rings. The lowest BCUT2D eigenvalue weighted by atomic mass is 10.0. The van der Waals surface area contributed by atoms with Crippen molar-refractivity contribution < 1.29 is 24.3 Å². The lowest BCUT2D eigenvalue weighted by molar-refractivity contribution is -0.148. The van der Waals surface area contributed by atoms with E-state index in [1.54, 1.807) is 24.4 Å². The van der Waals surface area contributed by atoms with E-state index in [1.807, 2.05) is 12.1 Å². The van der Waals surface area contributed by atoms with Crippen molar-refractivity contribution in [3.05, 3.63) is 58.9 Å². The number of ketones is 3. The molecule has 6 nitrogen and oxygen atoms in total. The van der Waals surface area contributed by atoms with Crippen molar-refractivity contribution in [3.63, 3.8) is 0 Å². The summed E-state index contributed by atoms with van der Waals surface area (Å²) in [7, 11) is 0. The number of aromatic amines is 1. The Hall–Kier alpha value is -3.02. The zero-order valence-corrected chi connectivity index (χ0v) is 12.5. The summed E-state index contributed by atoms with van der Waals surface area (Å²) < 4.78 is 0. The lowest BCUT2D eigenvalue weighted by Crippen LogP contribution is -2.17. The van der Waals surface area contributed by atoms with E-state index in [4.69, 9.17) is 5.11 Å². The number of nitrogens with one attached hydrogen (secondary N) is 1. The van der Waals surface area contributed by atoms with Crippen molar-refractivity contribution in [3.8, 4) is 0 Å². The number of Topliss-reactive ketones (excluding diaryl/α,β-unsaturated/α-hetero) is 3. The summed E-state index contributed by atoms with van der Waals surface area (Å²) in [5, 5.41) is 8.50. The molecular weight excluding hydrogens is 298 g/mol. The average Bonchev–Trinajstić information content (AvgIpc) is 2.96. The molecule has 0 bridgehead atoms. The summed E-state index contributed by atoms with van der Waals surface area (Å²) >= 11 is 0. The Kier molecular flexibility index (Phi) is 4.85. The fraction of sp³-hybridized carbons (Fsp3) is 0.176. The van der Waals surface area contributed by atoms with Crippen LogP contribution in [-0.2, 0) is 16.0 Å². The SMILES string of the molecule is CC(=O)c1ccc(Cc2c[nH]c(C(=O)CC(=O)C(=O)O)c2)cc1. The van der Waals surface area contributed by atoms with Crippen molar-refractivity contribution in [2.75, 3.05) is 0 Å². The molecule has 23 heavy (non-hydrogen) atoms. The number of hydrogen-bond donors (Lipinski definition) is 2. The van der Waals surface area contributed by atoms with E-state index in [1.165, 1.54) is 6.92 Å². The van der Waals surface area contributed by atoms with Gasteiger partial charge in [0.15, 0.2) is 11.6 Å². The maximum atomic E-state index is 11.8. The van der Waals surface area contributed by atoms with Crippen LogP contribution in [0.15, 0.2) is 36.5 Å². The Morgan fingerprint density at radius 2 is 1.70 bits per heavy atom. The van der Waals surface area contributed by atoms with Crippen LogP contribution in [0.4, 0.5) is 0 Å². The van der Waals surface area contributed by atoms with Crippen LogP contribution < -0.4 is 0 Å². The number of hydrogen-bond acceptors (Lipinski definition) is 4. The quantitative estimate of drug-likeness (QED) is 0.462. The Morgan fingerprint density at radius 1 is 1.04 bits per heavy atom. The molecule has 1 aromatic heterocycles. The molecule has 0 spiro atoms. The van der Waals surface area contributed by atoms with E-state index >= 15 is 0 Å². The summed E-state index contributed by atoms with van der Waals surface area (Å²) in [4.78, 5) is 47.3.